The molecule has 0 aliphatic carbocycles. The molecule has 2 heterocycles. The number of hydrogen-bond donors (Lipinski definition) is 1. The van der Waals surface area contributed by atoms with Gasteiger partial charge in [-0.25, -0.2) is 0 Å². The molecule has 0 aromatic heterocycles. The van der Waals surface area contributed by atoms with E-state index in [-0.39, 0.29) is 6.04 Å². The average molecular weight is 351 g/mol. The van der Waals surface area contributed by atoms with Crippen LogP contribution in [0.2, 0.25) is 0 Å². The van der Waals surface area contributed by atoms with Gasteiger partial charge in [0.05, 0.1) is 26.0 Å². The van der Waals surface area contributed by atoms with Crippen LogP contribution in [0.3, 0.4) is 0 Å². The minimum atomic E-state index is 0.285. The topological polar surface area (TPSA) is 60.1 Å². The summed E-state index contributed by atoms with van der Waals surface area (Å²) in [5, 5.41) is 0. The Balaban J connectivity index is 1.91. The van der Waals surface area contributed by atoms with Gasteiger partial charge in [-0.15, -0.1) is 0 Å². The van der Waals surface area contributed by atoms with Crippen molar-refractivity contribution in [3.8, 4) is 11.5 Å². The number of nitrogens with two attached hydrogens (primary N) is 1. The molecule has 5 heteroatoms. The van der Waals surface area contributed by atoms with Crippen molar-refractivity contribution in [2.75, 3.05) is 40.1 Å². The van der Waals surface area contributed by atoms with Gasteiger partial charge in [-0.2, -0.15) is 0 Å². The predicted molar refractivity (Wildman–Crippen MR) is 105 cm³/mol. The fourth-order valence-electron chi connectivity index (χ4n) is 4.12. The van der Waals surface area contributed by atoms with Crippen LogP contribution in [-0.2, 0) is 0 Å². The first-order chi connectivity index (χ1) is 12.6. The molecule has 2 aromatic rings. The molecule has 26 heavy (non-hydrogen) atoms. The van der Waals surface area contributed by atoms with Crippen LogP contribution < -0.4 is 15.2 Å². The Bertz CT molecular complexity index is 862. The Labute approximate surface area is 154 Å². The van der Waals surface area contributed by atoms with E-state index in [0.717, 1.165) is 53.5 Å². The first-order valence-electron chi connectivity index (χ1n) is 8.99. The Morgan fingerprint density at radius 1 is 1.12 bits per heavy atom. The zero-order valence-electron chi connectivity index (χ0n) is 15.5. The molecular formula is C21H25N3O2. The van der Waals surface area contributed by atoms with Crippen LogP contribution in [0, 0.1) is 0 Å². The number of piperidine rings is 1. The smallest absolute Gasteiger partial charge is 0.161 e. The Morgan fingerprint density at radius 3 is 2.62 bits per heavy atom. The van der Waals surface area contributed by atoms with E-state index in [9.17, 15) is 0 Å². The van der Waals surface area contributed by atoms with Gasteiger partial charge in [-0.3, -0.25) is 4.99 Å². The van der Waals surface area contributed by atoms with Crippen molar-refractivity contribution in [3.05, 3.63) is 53.1 Å². The summed E-state index contributed by atoms with van der Waals surface area (Å²) in [6.07, 6.45) is 1.06. The maximum Gasteiger partial charge on any atom is 0.161 e. The highest BCUT2D eigenvalue weighted by molar-refractivity contribution is 6.15. The van der Waals surface area contributed by atoms with Gasteiger partial charge in [0.25, 0.3) is 0 Å². The number of aliphatic imine (C=N–C) groups is 1. The minimum Gasteiger partial charge on any atom is -0.493 e. The summed E-state index contributed by atoms with van der Waals surface area (Å²) in [5.74, 6) is 1.87. The van der Waals surface area contributed by atoms with Gasteiger partial charge >= 0.3 is 0 Å². The van der Waals surface area contributed by atoms with Crippen molar-refractivity contribution in [2.45, 2.75) is 18.4 Å². The summed E-state index contributed by atoms with van der Waals surface area (Å²) in [6.45, 7) is 2.07. The summed E-state index contributed by atoms with van der Waals surface area (Å²) < 4.78 is 11.1. The predicted octanol–water partition coefficient (Wildman–Crippen LogP) is 2.92. The van der Waals surface area contributed by atoms with Crippen LogP contribution >= 0.6 is 0 Å². The van der Waals surface area contributed by atoms with E-state index >= 15 is 0 Å². The van der Waals surface area contributed by atoms with Crippen molar-refractivity contribution in [3.63, 3.8) is 0 Å². The fraction of sp³-hybridized carbons (Fsp3) is 0.381. The zero-order valence-corrected chi connectivity index (χ0v) is 15.5. The van der Waals surface area contributed by atoms with Gasteiger partial charge in [0.1, 0.15) is 0 Å². The lowest BCUT2D eigenvalue weighted by Gasteiger charge is -2.39. The molecule has 5 nitrogen and oxygen atoms in total. The van der Waals surface area contributed by atoms with E-state index < -0.39 is 0 Å². The number of nitrogen functional groups attached to an aromatic ring is 1. The highest BCUT2D eigenvalue weighted by atomic mass is 16.5. The van der Waals surface area contributed by atoms with E-state index in [4.69, 9.17) is 20.2 Å². The van der Waals surface area contributed by atoms with Crippen molar-refractivity contribution < 1.29 is 9.47 Å². The molecule has 136 valence electrons. The molecule has 2 N–H and O–H groups in total. The molecule has 2 aromatic carbocycles. The molecule has 0 radical (unpaired) electrons. The van der Waals surface area contributed by atoms with Gasteiger partial charge in [-0.1, -0.05) is 12.1 Å². The summed E-state index contributed by atoms with van der Waals surface area (Å²) in [5.41, 5.74) is 11.2. The molecular weight excluding hydrogens is 326 g/mol. The number of ether oxygens (including phenoxy) is 2. The molecule has 0 spiro atoms. The lowest BCUT2D eigenvalue weighted by molar-refractivity contribution is 0.227. The van der Waals surface area contributed by atoms with Gasteiger partial charge in [0, 0.05) is 29.3 Å². The molecule has 2 aliphatic rings. The third-order valence-electron chi connectivity index (χ3n) is 5.44. The number of likely N-dealkylation sites (tertiary alicyclic amines) is 1. The summed E-state index contributed by atoms with van der Waals surface area (Å²) >= 11 is 0. The van der Waals surface area contributed by atoms with Crippen molar-refractivity contribution in [2.24, 2.45) is 4.99 Å². The first-order valence-corrected chi connectivity index (χ1v) is 8.99. The van der Waals surface area contributed by atoms with Crippen molar-refractivity contribution >= 4 is 11.4 Å². The van der Waals surface area contributed by atoms with Crippen LogP contribution in [0.4, 0.5) is 5.69 Å². The fourth-order valence-corrected chi connectivity index (χ4v) is 4.12. The second kappa shape index (κ2) is 6.65. The Kier molecular flexibility index (Phi) is 4.32. The van der Waals surface area contributed by atoms with E-state index in [1.165, 1.54) is 5.56 Å². The number of likely N-dealkylation sites (N-methyl/N-ethyl adjacent to an activating group) is 1. The van der Waals surface area contributed by atoms with Crippen LogP contribution in [0.25, 0.3) is 0 Å². The van der Waals surface area contributed by atoms with Crippen molar-refractivity contribution in [1.82, 2.24) is 4.90 Å². The van der Waals surface area contributed by atoms with Crippen LogP contribution in [0.1, 0.15) is 29.0 Å². The third-order valence-corrected chi connectivity index (χ3v) is 5.44. The lowest BCUT2D eigenvalue weighted by Crippen LogP contribution is -2.41. The molecule has 2 atom stereocenters. The highest BCUT2D eigenvalue weighted by Gasteiger charge is 2.36. The summed E-state index contributed by atoms with van der Waals surface area (Å²) in [4.78, 5) is 7.54. The highest BCUT2D eigenvalue weighted by Crippen LogP contribution is 2.42. The van der Waals surface area contributed by atoms with Crippen LogP contribution in [-0.4, -0.2) is 51.0 Å². The van der Waals surface area contributed by atoms with Gasteiger partial charge in [-0.05, 0) is 49.8 Å². The maximum absolute atomic E-state index is 6.03. The number of nitrogens with zero attached hydrogens (tertiary/aromatic N) is 2. The maximum atomic E-state index is 6.03. The second-order valence-corrected chi connectivity index (χ2v) is 7.12. The molecule has 0 saturated carbocycles. The second-order valence-electron chi connectivity index (χ2n) is 7.12. The molecule has 1 saturated heterocycles. The largest absolute Gasteiger partial charge is 0.493 e. The third kappa shape index (κ3) is 2.82. The van der Waals surface area contributed by atoms with Crippen molar-refractivity contribution in [1.29, 1.82) is 0 Å². The number of rotatable bonds is 3. The van der Waals surface area contributed by atoms with Crippen LogP contribution in [0.5, 0.6) is 11.5 Å². The van der Waals surface area contributed by atoms with Gasteiger partial charge in [0.15, 0.2) is 11.5 Å². The van der Waals surface area contributed by atoms with E-state index in [0.29, 0.717) is 5.92 Å². The quantitative estimate of drug-likeness (QED) is 0.864. The van der Waals surface area contributed by atoms with Gasteiger partial charge in [0.2, 0.25) is 0 Å². The zero-order chi connectivity index (χ0) is 18.3. The molecule has 4 rings (SSSR count). The van der Waals surface area contributed by atoms with E-state index in [1.54, 1.807) is 14.2 Å². The standard InChI is InChI=1S/C21H25N3O2/c1-24-8-7-18-17(12-24)15-10-19(25-2)20(26-3)11-16(15)21(23-18)13-5-4-6-14(22)9-13/h4-6,9-11,17-18H,7-8,12,22H2,1-3H3/t17-,18-/m0/s1. The van der Waals surface area contributed by atoms with E-state index in [2.05, 4.69) is 30.1 Å². The van der Waals surface area contributed by atoms with E-state index in [1.807, 2.05) is 18.2 Å². The number of anilines is 1. The molecule has 0 amide bonds. The molecule has 1 fully saturated rings. The summed E-state index contributed by atoms with van der Waals surface area (Å²) in [7, 11) is 5.53. The Morgan fingerprint density at radius 2 is 1.88 bits per heavy atom. The van der Waals surface area contributed by atoms with Gasteiger partial charge < -0.3 is 20.1 Å². The Hall–Kier alpha value is -2.53. The molecule has 0 bridgehead atoms. The molecule has 2 aliphatic heterocycles. The number of fused-ring (bicyclic) bond motifs is 3. The van der Waals surface area contributed by atoms with Crippen LogP contribution in [0.15, 0.2) is 41.4 Å². The lowest BCUT2D eigenvalue weighted by atomic mass is 9.79. The average Bonchev–Trinajstić information content (AvgIpc) is 2.66. The summed E-state index contributed by atoms with van der Waals surface area (Å²) in [6, 6.07) is 12.4. The monoisotopic (exact) mass is 351 g/mol. The molecule has 0 unspecified atom stereocenters. The normalized spacial score (nSPS) is 22.2. The first kappa shape index (κ1) is 16.9. The number of methoxy groups -OCH3 is 2. The number of benzene rings is 2. The minimum absolute atomic E-state index is 0.285. The number of hydrogen-bond acceptors (Lipinski definition) is 5. The SMILES string of the molecule is COc1cc2c(cc1OC)[C@@H]1CN(C)CC[C@@H]1N=C2c1cccc(N)c1.